The van der Waals surface area contributed by atoms with Crippen LogP contribution in [0.4, 0.5) is 0 Å². The van der Waals surface area contributed by atoms with E-state index in [2.05, 4.69) is 70.5 Å². The highest BCUT2D eigenvalue weighted by atomic mass is 15.2. The van der Waals surface area contributed by atoms with Crippen molar-refractivity contribution in [2.45, 2.75) is 24.9 Å². The fraction of sp³-hybridized carbons (Fsp3) is 0.250. The first-order valence-corrected chi connectivity index (χ1v) is 9.67. The van der Waals surface area contributed by atoms with E-state index < -0.39 is 0 Å². The van der Waals surface area contributed by atoms with Gasteiger partial charge < -0.3 is 0 Å². The molecule has 2 aromatic carbocycles. The van der Waals surface area contributed by atoms with Crippen LogP contribution >= 0.6 is 0 Å². The molecule has 0 bridgehead atoms. The minimum atomic E-state index is 0.317. The molecular formula is C24H25N3. The summed E-state index contributed by atoms with van der Waals surface area (Å²) in [5, 5.41) is 0. The molecular weight excluding hydrogens is 330 g/mol. The standard InChI is InChI=1S/C24H25N3/c1-3-7-21(8-4-1)24(22-9-5-2-6-10-22)27-17-13-23(14-18-27)26-19-20-11-15-25-16-12-20/h1-12,15-16,19,23-24H,13-14,17-18H2. The maximum atomic E-state index is 4.81. The molecule has 0 N–H and O–H groups in total. The van der Waals surface area contributed by atoms with Crippen LogP contribution in [-0.4, -0.2) is 35.2 Å². The average Bonchev–Trinajstić information content (AvgIpc) is 2.76. The minimum Gasteiger partial charge on any atom is -0.292 e. The van der Waals surface area contributed by atoms with Crippen molar-refractivity contribution in [3.8, 4) is 0 Å². The lowest BCUT2D eigenvalue weighted by molar-refractivity contribution is 0.175. The van der Waals surface area contributed by atoms with E-state index in [9.17, 15) is 0 Å². The summed E-state index contributed by atoms with van der Waals surface area (Å²) in [7, 11) is 0. The topological polar surface area (TPSA) is 28.5 Å². The molecule has 3 aromatic rings. The molecule has 2 heterocycles. The predicted molar refractivity (Wildman–Crippen MR) is 111 cm³/mol. The molecule has 1 saturated heterocycles. The molecule has 0 saturated carbocycles. The van der Waals surface area contributed by atoms with Gasteiger partial charge in [-0.15, -0.1) is 0 Å². The Labute approximate surface area is 161 Å². The van der Waals surface area contributed by atoms with E-state index in [-0.39, 0.29) is 0 Å². The van der Waals surface area contributed by atoms with Gasteiger partial charge in [-0.25, -0.2) is 0 Å². The number of piperidine rings is 1. The molecule has 27 heavy (non-hydrogen) atoms. The Morgan fingerprint density at radius 2 is 1.37 bits per heavy atom. The van der Waals surface area contributed by atoms with E-state index in [1.165, 1.54) is 11.1 Å². The number of rotatable bonds is 5. The molecule has 0 aliphatic carbocycles. The summed E-state index contributed by atoms with van der Waals surface area (Å²) in [4.78, 5) is 11.5. The Morgan fingerprint density at radius 1 is 0.815 bits per heavy atom. The summed E-state index contributed by atoms with van der Waals surface area (Å²) in [5.74, 6) is 0. The second kappa shape index (κ2) is 8.74. The molecule has 136 valence electrons. The lowest BCUT2D eigenvalue weighted by Gasteiger charge is -2.37. The molecule has 3 heteroatoms. The first-order chi connectivity index (χ1) is 13.4. The van der Waals surface area contributed by atoms with Gasteiger partial charge in [0.15, 0.2) is 0 Å². The third kappa shape index (κ3) is 4.50. The van der Waals surface area contributed by atoms with Crippen LogP contribution in [0.25, 0.3) is 0 Å². The van der Waals surface area contributed by atoms with Crippen molar-refractivity contribution in [3.05, 3.63) is 102 Å². The van der Waals surface area contributed by atoms with Gasteiger partial charge in [-0.05, 0) is 41.7 Å². The van der Waals surface area contributed by atoms with Crippen molar-refractivity contribution in [2.24, 2.45) is 4.99 Å². The molecule has 4 rings (SSSR count). The molecule has 1 aliphatic heterocycles. The third-order valence-electron chi connectivity index (χ3n) is 5.24. The van der Waals surface area contributed by atoms with Crippen LogP contribution in [0, 0.1) is 0 Å². The van der Waals surface area contributed by atoms with Crippen LogP contribution in [-0.2, 0) is 0 Å². The molecule has 0 radical (unpaired) electrons. The zero-order chi connectivity index (χ0) is 18.3. The number of likely N-dealkylation sites (tertiary alicyclic amines) is 1. The molecule has 0 spiro atoms. The van der Waals surface area contributed by atoms with Gasteiger partial charge in [0, 0.05) is 31.7 Å². The molecule has 0 unspecified atom stereocenters. The smallest absolute Gasteiger partial charge is 0.0601 e. The maximum Gasteiger partial charge on any atom is 0.0601 e. The van der Waals surface area contributed by atoms with Crippen molar-refractivity contribution >= 4 is 6.21 Å². The number of nitrogens with zero attached hydrogens (tertiary/aromatic N) is 3. The molecule has 0 atom stereocenters. The van der Waals surface area contributed by atoms with Crippen LogP contribution in [0.3, 0.4) is 0 Å². The largest absolute Gasteiger partial charge is 0.292 e. The Kier molecular flexibility index (Phi) is 5.70. The van der Waals surface area contributed by atoms with E-state index in [1.54, 1.807) is 0 Å². The highest BCUT2D eigenvalue weighted by Crippen LogP contribution is 2.31. The Morgan fingerprint density at radius 3 is 1.93 bits per heavy atom. The lowest BCUT2D eigenvalue weighted by Crippen LogP contribution is -2.38. The maximum absolute atomic E-state index is 4.81. The van der Waals surface area contributed by atoms with Crippen molar-refractivity contribution < 1.29 is 0 Å². The van der Waals surface area contributed by atoms with Gasteiger partial charge in [0.05, 0.1) is 12.1 Å². The van der Waals surface area contributed by atoms with Crippen LogP contribution in [0.1, 0.15) is 35.6 Å². The van der Waals surface area contributed by atoms with Crippen molar-refractivity contribution in [1.82, 2.24) is 9.88 Å². The van der Waals surface area contributed by atoms with Gasteiger partial charge in [-0.2, -0.15) is 0 Å². The third-order valence-corrected chi connectivity index (χ3v) is 5.24. The summed E-state index contributed by atoms with van der Waals surface area (Å²) in [5.41, 5.74) is 3.85. The summed E-state index contributed by atoms with van der Waals surface area (Å²) in [6, 6.07) is 26.4. The molecule has 1 aliphatic rings. The first-order valence-electron chi connectivity index (χ1n) is 9.67. The summed E-state index contributed by atoms with van der Waals surface area (Å²) in [6.45, 7) is 2.12. The lowest BCUT2D eigenvalue weighted by atomic mass is 9.94. The van der Waals surface area contributed by atoms with Gasteiger partial charge in [0.2, 0.25) is 0 Å². The number of benzene rings is 2. The van der Waals surface area contributed by atoms with Crippen LogP contribution in [0.15, 0.2) is 90.2 Å². The van der Waals surface area contributed by atoms with Crippen molar-refractivity contribution in [1.29, 1.82) is 0 Å². The van der Waals surface area contributed by atoms with E-state index in [0.29, 0.717) is 12.1 Å². The molecule has 0 amide bonds. The number of pyridine rings is 1. The van der Waals surface area contributed by atoms with Gasteiger partial charge in [0.25, 0.3) is 0 Å². The number of hydrogen-bond donors (Lipinski definition) is 0. The number of aliphatic imine (C=N–C) groups is 1. The van der Waals surface area contributed by atoms with Crippen molar-refractivity contribution in [2.75, 3.05) is 13.1 Å². The monoisotopic (exact) mass is 355 g/mol. The highest BCUT2D eigenvalue weighted by molar-refractivity contribution is 5.79. The molecule has 1 aromatic heterocycles. The molecule has 3 nitrogen and oxygen atoms in total. The SMILES string of the molecule is C(=NC1CCN(C(c2ccccc2)c2ccccc2)CC1)c1ccncc1. The molecule has 1 fully saturated rings. The second-order valence-corrected chi connectivity index (χ2v) is 7.05. The highest BCUT2D eigenvalue weighted by Gasteiger charge is 2.26. The quantitative estimate of drug-likeness (QED) is 0.618. The summed E-state index contributed by atoms with van der Waals surface area (Å²) >= 11 is 0. The van der Waals surface area contributed by atoms with E-state index >= 15 is 0 Å². The van der Waals surface area contributed by atoms with Gasteiger partial charge in [0.1, 0.15) is 0 Å². The first kappa shape index (κ1) is 17.6. The fourth-order valence-corrected chi connectivity index (χ4v) is 3.82. The van der Waals surface area contributed by atoms with Gasteiger partial charge in [-0.1, -0.05) is 60.7 Å². The summed E-state index contributed by atoms with van der Waals surface area (Å²) < 4.78 is 0. The van der Waals surface area contributed by atoms with E-state index in [0.717, 1.165) is 31.5 Å². The zero-order valence-electron chi connectivity index (χ0n) is 15.5. The van der Waals surface area contributed by atoms with Gasteiger partial charge in [-0.3, -0.25) is 14.9 Å². The average molecular weight is 355 g/mol. The number of hydrogen-bond acceptors (Lipinski definition) is 3. The van der Waals surface area contributed by atoms with Crippen molar-refractivity contribution in [3.63, 3.8) is 0 Å². The second-order valence-electron chi connectivity index (χ2n) is 7.05. The normalized spacial score (nSPS) is 16.2. The van der Waals surface area contributed by atoms with Gasteiger partial charge >= 0.3 is 0 Å². The summed E-state index contributed by atoms with van der Waals surface area (Å²) in [6.07, 6.45) is 7.81. The Balaban J connectivity index is 1.47. The van der Waals surface area contributed by atoms with E-state index in [4.69, 9.17) is 4.99 Å². The Bertz CT molecular complexity index is 799. The Hall–Kier alpha value is -2.78. The van der Waals surface area contributed by atoms with Crippen LogP contribution < -0.4 is 0 Å². The van der Waals surface area contributed by atoms with Crippen LogP contribution in [0.2, 0.25) is 0 Å². The minimum absolute atomic E-state index is 0.317. The van der Waals surface area contributed by atoms with Crippen LogP contribution in [0.5, 0.6) is 0 Å². The number of aromatic nitrogens is 1. The fourth-order valence-electron chi connectivity index (χ4n) is 3.82. The zero-order valence-corrected chi connectivity index (χ0v) is 15.5. The predicted octanol–water partition coefficient (Wildman–Crippen LogP) is 4.75. The van der Waals surface area contributed by atoms with E-state index in [1.807, 2.05) is 30.7 Å².